The number of benzene rings is 1. The number of fused-ring (bicyclic) bond motifs is 1. The van der Waals surface area contributed by atoms with E-state index in [1.807, 2.05) is 13.0 Å². The van der Waals surface area contributed by atoms with Crippen molar-refractivity contribution in [3.8, 4) is 5.88 Å². The molecule has 0 radical (unpaired) electrons. The molecule has 1 aromatic carbocycles. The number of rotatable bonds is 5. The minimum absolute atomic E-state index is 0.0266. The van der Waals surface area contributed by atoms with E-state index in [9.17, 15) is 4.79 Å². The molecule has 1 unspecified atom stereocenters. The smallest absolute Gasteiger partial charge is 0.315 e. The van der Waals surface area contributed by atoms with E-state index in [1.165, 1.54) is 30.4 Å². The average Bonchev–Trinajstić information content (AvgIpc) is 2.66. The third-order valence-electron chi connectivity index (χ3n) is 4.68. The summed E-state index contributed by atoms with van der Waals surface area (Å²) in [5.74, 6) is 0.564. The molecule has 0 spiro atoms. The Morgan fingerprint density at radius 2 is 2.00 bits per heavy atom. The van der Waals surface area contributed by atoms with Gasteiger partial charge in [0.25, 0.3) is 0 Å². The fraction of sp³-hybridized carbons (Fsp3) is 0.400. The van der Waals surface area contributed by atoms with E-state index in [-0.39, 0.29) is 12.1 Å². The lowest BCUT2D eigenvalue weighted by Crippen LogP contribution is -2.36. The van der Waals surface area contributed by atoms with Crippen molar-refractivity contribution < 1.29 is 9.53 Å². The summed E-state index contributed by atoms with van der Waals surface area (Å²) in [6.07, 6.45) is 6.56. The number of carbonyl (C=O) groups is 1. The Labute approximate surface area is 148 Å². The number of ether oxygens (including phenoxy) is 1. The van der Waals surface area contributed by atoms with Crippen LogP contribution in [0.5, 0.6) is 5.88 Å². The van der Waals surface area contributed by atoms with Gasteiger partial charge in [-0.15, -0.1) is 0 Å². The Balaban J connectivity index is 1.53. The number of hydrogen-bond donors (Lipinski definition) is 2. The van der Waals surface area contributed by atoms with Crippen LogP contribution >= 0.6 is 0 Å². The van der Waals surface area contributed by atoms with Gasteiger partial charge in [0, 0.05) is 18.8 Å². The van der Waals surface area contributed by atoms with Crippen LogP contribution in [0.25, 0.3) is 0 Å². The van der Waals surface area contributed by atoms with Crippen LogP contribution < -0.4 is 15.4 Å². The highest BCUT2D eigenvalue weighted by molar-refractivity contribution is 5.74. The van der Waals surface area contributed by atoms with Gasteiger partial charge in [0.1, 0.15) is 0 Å². The molecule has 2 aromatic rings. The van der Waals surface area contributed by atoms with Crippen LogP contribution in [-0.4, -0.2) is 18.1 Å². The Bertz CT molecular complexity index is 728. The molecule has 2 N–H and O–H groups in total. The fourth-order valence-corrected chi connectivity index (χ4v) is 3.17. The number of nitrogens with zero attached hydrogens (tertiary/aromatic N) is 1. The van der Waals surface area contributed by atoms with Gasteiger partial charge in [0.15, 0.2) is 0 Å². The number of methoxy groups -OCH3 is 1. The van der Waals surface area contributed by atoms with Crippen molar-refractivity contribution in [2.24, 2.45) is 0 Å². The summed E-state index contributed by atoms with van der Waals surface area (Å²) in [5, 5.41) is 5.87. The van der Waals surface area contributed by atoms with Gasteiger partial charge < -0.3 is 15.4 Å². The average molecular weight is 339 g/mol. The molecule has 2 amide bonds. The van der Waals surface area contributed by atoms with Crippen LogP contribution in [0, 0.1) is 0 Å². The second-order valence-corrected chi connectivity index (χ2v) is 6.49. The fourth-order valence-electron chi connectivity index (χ4n) is 3.17. The van der Waals surface area contributed by atoms with Crippen molar-refractivity contribution in [1.29, 1.82) is 0 Å². The number of amides is 2. The molecule has 5 nitrogen and oxygen atoms in total. The SMILES string of the molecule is COc1ccc(CNC(=O)NC(C)c2ccc3c(c2)CCCC3)cn1. The van der Waals surface area contributed by atoms with Gasteiger partial charge in [-0.1, -0.05) is 24.3 Å². The Hall–Kier alpha value is -2.56. The minimum atomic E-state index is -0.180. The molecule has 5 heteroatoms. The first-order valence-corrected chi connectivity index (χ1v) is 8.80. The van der Waals surface area contributed by atoms with Crippen molar-refractivity contribution in [2.45, 2.75) is 45.2 Å². The second-order valence-electron chi connectivity index (χ2n) is 6.49. The summed E-state index contributed by atoms with van der Waals surface area (Å²) in [4.78, 5) is 16.3. The lowest BCUT2D eigenvalue weighted by molar-refractivity contribution is 0.237. The predicted octanol–water partition coefficient (Wildman–Crippen LogP) is 3.53. The number of carbonyl (C=O) groups excluding carboxylic acids is 1. The standard InChI is InChI=1S/C20H25N3O2/c1-14(17-9-8-16-5-3-4-6-18(16)11-17)23-20(24)22-13-15-7-10-19(25-2)21-12-15/h7-12,14H,3-6,13H2,1-2H3,(H2,22,23,24). The molecule has 0 bridgehead atoms. The van der Waals surface area contributed by atoms with Gasteiger partial charge in [-0.2, -0.15) is 0 Å². The van der Waals surface area contributed by atoms with E-state index in [4.69, 9.17) is 4.74 Å². The van der Waals surface area contributed by atoms with Gasteiger partial charge >= 0.3 is 6.03 Å². The van der Waals surface area contributed by atoms with E-state index >= 15 is 0 Å². The van der Waals surface area contributed by atoms with Gasteiger partial charge in [-0.05, 0) is 54.9 Å². The number of aryl methyl sites for hydroxylation is 2. The molecule has 0 saturated heterocycles. The van der Waals surface area contributed by atoms with Crippen molar-refractivity contribution in [3.63, 3.8) is 0 Å². The summed E-state index contributed by atoms with van der Waals surface area (Å²) >= 11 is 0. The Kier molecular flexibility index (Phi) is 5.53. The first-order chi connectivity index (χ1) is 12.2. The number of pyridine rings is 1. The van der Waals surface area contributed by atoms with Crippen LogP contribution in [0.2, 0.25) is 0 Å². The summed E-state index contributed by atoms with van der Waals surface area (Å²) in [6, 6.07) is 10.0. The lowest BCUT2D eigenvalue weighted by atomic mass is 9.89. The summed E-state index contributed by atoms with van der Waals surface area (Å²) in [7, 11) is 1.58. The van der Waals surface area contributed by atoms with E-state index in [2.05, 4.69) is 33.8 Å². The highest BCUT2D eigenvalue weighted by Gasteiger charge is 2.14. The maximum atomic E-state index is 12.1. The zero-order chi connectivity index (χ0) is 17.6. The largest absolute Gasteiger partial charge is 0.481 e. The van der Waals surface area contributed by atoms with E-state index in [1.54, 1.807) is 19.4 Å². The molecule has 0 aliphatic heterocycles. The molecule has 0 fully saturated rings. The summed E-state index contributed by atoms with van der Waals surface area (Å²) < 4.78 is 5.03. The number of nitrogens with one attached hydrogen (secondary N) is 2. The maximum Gasteiger partial charge on any atom is 0.315 e. The van der Waals surface area contributed by atoms with Crippen molar-refractivity contribution in [3.05, 3.63) is 58.8 Å². The highest BCUT2D eigenvalue weighted by atomic mass is 16.5. The molecule has 1 aliphatic rings. The van der Waals surface area contributed by atoms with Crippen LogP contribution in [0.3, 0.4) is 0 Å². The molecular formula is C20H25N3O2. The Morgan fingerprint density at radius 3 is 2.72 bits per heavy atom. The van der Waals surface area contributed by atoms with E-state index in [0.29, 0.717) is 12.4 Å². The predicted molar refractivity (Wildman–Crippen MR) is 97.7 cm³/mol. The van der Waals surface area contributed by atoms with E-state index < -0.39 is 0 Å². The molecular weight excluding hydrogens is 314 g/mol. The zero-order valence-corrected chi connectivity index (χ0v) is 14.8. The van der Waals surface area contributed by atoms with E-state index in [0.717, 1.165) is 17.5 Å². The van der Waals surface area contributed by atoms with Crippen molar-refractivity contribution >= 4 is 6.03 Å². The lowest BCUT2D eigenvalue weighted by Gasteiger charge is -2.20. The molecule has 3 rings (SSSR count). The van der Waals surface area contributed by atoms with Gasteiger partial charge in [-0.25, -0.2) is 9.78 Å². The molecule has 1 atom stereocenters. The number of urea groups is 1. The quantitative estimate of drug-likeness (QED) is 0.876. The van der Waals surface area contributed by atoms with Crippen molar-refractivity contribution in [1.82, 2.24) is 15.6 Å². The van der Waals surface area contributed by atoms with Gasteiger partial charge in [-0.3, -0.25) is 0 Å². The van der Waals surface area contributed by atoms with Crippen LogP contribution in [0.4, 0.5) is 4.79 Å². The first kappa shape index (κ1) is 17.3. The second kappa shape index (κ2) is 8.01. The Morgan fingerprint density at radius 1 is 1.20 bits per heavy atom. The molecule has 1 aliphatic carbocycles. The van der Waals surface area contributed by atoms with Gasteiger partial charge in [0.05, 0.1) is 13.2 Å². The highest BCUT2D eigenvalue weighted by Crippen LogP contribution is 2.24. The summed E-state index contributed by atoms with van der Waals surface area (Å²) in [6.45, 7) is 2.44. The van der Waals surface area contributed by atoms with Crippen LogP contribution in [0.15, 0.2) is 36.5 Å². The normalized spacial score (nSPS) is 14.3. The molecule has 0 saturated carbocycles. The maximum absolute atomic E-state index is 12.1. The topological polar surface area (TPSA) is 63.2 Å². The molecule has 132 valence electrons. The zero-order valence-electron chi connectivity index (χ0n) is 14.8. The number of aromatic nitrogens is 1. The minimum Gasteiger partial charge on any atom is -0.481 e. The summed E-state index contributed by atoms with van der Waals surface area (Å²) in [5.41, 5.74) is 4.97. The monoisotopic (exact) mass is 339 g/mol. The molecule has 1 heterocycles. The van der Waals surface area contributed by atoms with Crippen LogP contribution in [0.1, 0.15) is 48.1 Å². The van der Waals surface area contributed by atoms with Gasteiger partial charge in [0.2, 0.25) is 5.88 Å². The van der Waals surface area contributed by atoms with Crippen LogP contribution in [-0.2, 0) is 19.4 Å². The third-order valence-corrected chi connectivity index (χ3v) is 4.68. The van der Waals surface area contributed by atoms with Crippen molar-refractivity contribution in [2.75, 3.05) is 7.11 Å². The molecule has 25 heavy (non-hydrogen) atoms. The number of hydrogen-bond acceptors (Lipinski definition) is 3. The third kappa shape index (κ3) is 4.50. The molecule has 1 aromatic heterocycles. The first-order valence-electron chi connectivity index (χ1n) is 8.80.